The van der Waals surface area contributed by atoms with Crippen LogP contribution in [0.25, 0.3) is 0 Å². The van der Waals surface area contributed by atoms with Crippen molar-refractivity contribution in [3.05, 3.63) is 70.2 Å². The Morgan fingerprint density at radius 2 is 1.74 bits per heavy atom. The molecule has 2 rings (SSSR count). The van der Waals surface area contributed by atoms with E-state index >= 15 is 0 Å². The first-order chi connectivity index (χ1) is 9.20. The number of rotatable bonds is 4. The molecule has 0 spiro atoms. The second-order valence-corrected chi connectivity index (χ2v) is 5.14. The van der Waals surface area contributed by atoms with Crippen LogP contribution in [0.4, 0.5) is 0 Å². The summed E-state index contributed by atoms with van der Waals surface area (Å²) in [7, 11) is 0. The highest BCUT2D eigenvalue weighted by atomic mass is 79.9. The number of halogens is 1. The van der Waals surface area contributed by atoms with Crippen molar-refractivity contribution in [2.24, 2.45) is 0 Å². The molecule has 0 aliphatic carbocycles. The van der Waals surface area contributed by atoms with Crippen molar-refractivity contribution >= 4 is 21.7 Å². The van der Waals surface area contributed by atoms with E-state index in [9.17, 15) is 10.1 Å². The first-order valence-corrected chi connectivity index (χ1v) is 6.73. The van der Waals surface area contributed by atoms with Gasteiger partial charge in [0, 0.05) is 16.5 Å². The zero-order valence-corrected chi connectivity index (χ0v) is 11.8. The number of hydrogen-bond acceptors (Lipinski definition) is 2. The van der Waals surface area contributed by atoms with Gasteiger partial charge in [-0.2, -0.15) is 5.26 Å². The zero-order valence-electron chi connectivity index (χ0n) is 10.2. The fourth-order valence-electron chi connectivity index (χ4n) is 1.86. The predicted octanol–water partition coefficient (Wildman–Crippen LogP) is 4.33. The molecule has 0 heterocycles. The highest BCUT2D eigenvalue weighted by Crippen LogP contribution is 2.21. The smallest absolute Gasteiger partial charge is 0.164 e. The minimum absolute atomic E-state index is 0.0112. The SMILES string of the molecule is N#CC(CC(=O)c1ccc(Br)cc1)c1ccccc1. The van der Waals surface area contributed by atoms with Gasteiger partial charge in [-0.3, -0.25) is 4.79 Å². The number of nitrogens with zero attached hydrogens (tertiary/aromatic N) is 1. The first-order valence-electron chi connectivity index (χ1n) is 5.94. The highest BCUT2D eigenvalue weighted by Gasteiger charge is 2.16. The molecule has 94 valence electrons. The molecule has 19 heavy (non-hydrogen) atoms. The van der Waals surface area contributed by atoms with E-state index < -0.39 is 5.92 Å². The minimum atomic E-state index is -0.391. The van der Waals surface area contributed by atoms with Crippen molar-refractivity contribution < 1.29 is 4.79 Å². The molecule has 3 heteroatoms. The normalized spacial score (nSPS) is 11.6. The van der Waals surface area contributed by atoms with Crippen LogP contribution in [-0.4, -0.2) is 5.78 Å². The molecular formula is C16H12BrNO. The number of benzene rings is 2. The van der Waals surface area contributed by atoms with Gasteiger partial charge >= 0.3 is 0 Å². The van der Waals surface area contributed by atoms with Gasteiger partial charge in [0.15, 0.2) is 5.78 Å². The topological polar surface area (TPSA) is 40.9 Å². The van der Waals surface area contributed by atoms with Crippen molar-refractivity contribution in [3.8, 4) is 6.07 Å². The molecule has 0 N–H and O–H groups in total. The highest BCUT2D eigenvalue weighted by molar-refractivity contribution is 9.10. The summed E-state index contributed by atoms with van der Waals surface area (Å²) in [6, 6.07) is 18.8. The Kier molecular flexibility index (Phi) is 4.48. The molecule has 0 amide bonds. The van der Waals surface area contributed by atoms with Gasteiger partial charge in [-0.25, -0.2) is 0 Å². The molecule has 0 aromatic heterocycles. The van der Waals surface area contributed by atoms with E-state index in [2.05, 4.69) is 22.0 Å². The summed E-state index contributed by atoms with van der Waals surface area (Å²) in [4.78, 5) is 12.1. The maximum absolute atomic E-state index is 12.1. The lowest BCUT2D eigenvalue weighted by Crippen LogP contribution is -2.06. The van der Waals surface area contributed by atoms with Gasteiger partial charge in [-0.05, 0) is 17.7 Å². The molecule has 0 saturated carbocycles. The Labute approximate surface area is 120 Å². The van der Waals surface area contributed by atoms with Crippen molar-refractivity contribution in [1.29, 1.82) is 5.26 Å². The quantitative estimate of drug-likeness (QED) is 0.788. The third kappa shape index (κ3) is 3.52. The van der Waals surface area contributed by atoms with E-state index in [0.717, 1.165) is 10.0 Å². The molecule has 1 unspecified atom stereocenters. The number of hydrogen-bond donors (Lipinski definition) is 0. The Morgan fingerprint density at radius 3 is 2.32 bits per heavy atom. The molecule has 2 aromatic rings. The van der Waals surface area contributed by atoms with Crippen LogP contribution in [0.3, 0.4) is 0 Å². The van der Waals surface area contributed by atoms with Crippen LogP contribution >= 0.6 is 15.9 Å². The van der Waals surface area contributed by atoms with Gasteiger partial charge in [0.2, 0.25) is 0 Å². The average Bonchev–Trinajstić information content (AvgIpc) is 2.46. The Hall–Kier alpha value is -1.92. The Bertz CT molecular complexity index is 599. The van der Waals surface area contributed by atoms with Crippen LogP contribution in [-0.2, 0) is 0 Å². The van der Waals surface area contributed by atoms with E-state index in [0.29, 0.717) is 5.56 Å². The monoisotopic (exact) mass is 313 g/mol. The lowest BCUT2D eigenvalue weighted by Gasteiger charge is -2.08. The number of ketones is 1. The van der Waals surface area contributed by atoms with Crippen LogP contribution in [0, 0.1) is 11.3 Å². The van der Waals surface area contributed by atoms with Crippen molar-refractivity contribution in [2.45, 2.75) is 12.3 Å². The molecular weight excluding hydrogens is 302 g/mol. The summed E-state index contributed by atoms with van der Waals surface area (Å²) >= 11 is 3.33. The third-order valence-electron chi connectivity index (χ3n) is 2.91. The number of carbonyl (C=O) groups excluding carboxylic acids is 1. The van der Waals surface area contributed by atoms with E-state index in [-0.39, 0.29) is 12.2 Å². The number of Topliss-reactive ketones (excluding diaryl/α,β-unsaturated/α-hetero) is 1. The second-order valence-electron chi connectivity index (χ2n) is 4.23. The summed E-state index contributed by atoms with van der Waals surface area (Å²) in [5, 5.41) is 9.21. The van der Waals surface area contributed by atoms with E-state index in [1.165, 1.54) is 0 Å². The van der Waals surface area contributed by atoms with Gasteiger partial charge in [0.1, 0.15) is 0 Å². The van der Waals surface area contributed by atoms with E-state index in [4.69, 9.17) is 0 Å². The number of nitriles is 1. The standard InChI is InChI=1S/C16H12BrNO/c17-15-8-6-13(7-9-15)16(19)10-14(11-18)12-4-2-1-3-5-12/h1-9,14H,10H2. The van der Waals surface area contributed by atoms with Crippen LogP contribution < -0.4 is 0 Å². The van der Waals surface area contributed by atoms with Gasteiger partial charge < -0.3 is 0 Å². The van der Waals surface area contributed by atoms with Crippen molar-refractivity contribution in [3.63, 3.8) is 0 Å². The van der Waals surface area contributed by atoms with E-state index in [1.54, 1.807) is 12.1 Å². The van der Waals surface area contributed by atoms with E-state index in [1.807, 2.05) is 42.5 Å². The maximum Gasteiger partial charge on any atom is 0.164 e. The molecule has 0 aliphatic heterocycles. The van der Waals surface area contributed by atoms with Crippen LogP contribution in [0.15, 0.2) is 59.1 Å². The summed E-state index contributed by atoms with van der Waals surface area (Å²) in [5.41, 5.74) is 1.52. The van der Waals surface area contributed by atoms with Gasteiger partial charge in [0.05, 0.1) is 12.0 Å². The summed E-state index contributed by atoms with van der Waals surface area (Å²) in [6.07, 6.45) is 0.210. The molecule has 0 saturated heterocycles. The molecule has 0 bridgehead atoms. The zero-order chi connectivity index (χ0) is 13.7. The fraction of sp³-hybridized carbons (Fsp3) is 0.125. The van der Waals surface area contributed by atoms with Gasteiger partial charge in [-0.15, -0.1) is 0 Å². The predicted molar refractivity (Wildman–Crippen MR) is 77.9 cm³/mol. The minimum Gasteiger partial charge on any atom is -0.294 e. The fourth-order valence-corrected chi connectivity index (χ4v) is 2.13. The molecule has 0 fully saturated rings. The largest absolute Gasteiger partial charge is 0.294 e. The lowest BCUT2D eigenvalue weighted by atomic mass is 9.93. The van der Waals surface area contributed by atoms with Crippen molar-refractivity contribution in [2.75, 3.05) is 0 Å². The first kappa shape index (κ1) is 13.5. The molecule has 2 aromatic carbocycles. The maximum atomic E-state index is 12.1. The average molecular weight is 314 g/mol. The van der Waals surface area contributed by atoms with Crippen LogP contribution in [0.5, 0.6) is 0 Å². The second kappa shape index (κ2) is 6.31. The van der Waals surface area contributed by atoms with Gasteiger partial charge in [0.25, 0.3) is 0 Å². The Morgan fingerprint density at radius 1 is 1.11 bits per heavy atom. The van der Waals surface area contributed by atoms with Crippen LogP contribution in [0.2, 0.25) is 0 Å². The van der Waals surface area contributed by atoms with Crippen molar-refractivity contribution in [1.82, 2.24) is 0 Å². The molecule has 2 nitrogen and oxygen atoms in total. The van der Waals surface area contributed by atoms with Gasteiger partial charge in [-0.1, -0.05) is 58.4 Å². The molecule has 1 atom stereocenters. The number of carbonyl (C=O) groups is 1. The summed E-state index contributed by atoms with van der Waals surface area (Å²) in [6.45, 7) is 0. The summed E-state index contributed by atoms with van der Waals surface area (Å²) < 4.78 is 0.934. The van der Waals surface area contributed by atoms with Crippen LogP contribution in [0.1, 0.15) is 28.3 Å². The third-order valence-corrected chi connectivity index (χ3v) is 3.44. The Balaban J connectivity index is 2.13. The molecule has 0 radical (unpaired) electrons. The molecule has 0 aliphatic rings. The lowest BCUT2D eigenvalue weighted by molar-refractivity contribution is 0.0979. The summed E-state index contributed by atoms with van der Waals surface area (Å²) in [5.74, 6) is -0.403.